The first kappa shape index (κ1) is 14.1. The van der Waals surface area contributed by atoms with Gasteiger partial charge in [-0.1, -0.05) is 24.3 Å². The SMILES string of the molecule is COc1ccccc1C(=O)N[C@@H](C)c1ccc(F)cc1. The fraction of sp³-hybridized carbons (Fsp3) is 0.188. The van der Waals surface area contributed by atoms with Gasteiger partial charge in [0.25, 0.3) is 5.91 Å². The molecule has 1 N–H and O–H groups in total. The van der Waals surface area contributed by atoms with Crippen molar-refractivity contribution in [2.45, 2.75) is 13.0 Å². The molecule has 0 spiro atoms. The van der Waals surface area contributed by atoms with Crippen LogP contribution in [0, 0.1) is 5.82 Å². The summed E-state index contributed by atoms with van der Waals surface area (Å²) < 4.78 is 18.0. The molecule has 0 aliphatic rings. The number of ether oxygens (including phenoxy) is 1. The normalized spacial score (nSPS) is 11.8. The molecule has 0 radical (unpaired) electrons. The minimum Gasteiger partial charge on any atom is -0.496 e. The third-order valence-electron chi connectivity index (χ3n) is 3.07. The second-order valence-electron chi connectivity index (χ2n) is 4.45. The van der Waals surface area contributed by atoms with E-state index in [1.165, 1.54) is 19.2 Å². The van der Waals surface area contributed by atoms with Gasteiger partial charge in [-0.05, 0) is 36.8 Å². The van der Waals surface area contributed by atoms with Gasteiger partial charge in [-0.25, -0.2) is 4.39 Å². The van der Waals surface area contributed by atoms with Gasteiger partial charge in [0.05, 0.1) is 18.7 Å². The second-order valence-corrected chi connectivity index (χ2v) is 4.45. The zero-order chi connectivity index (χ0) is 14.5. The van der Waals surface area contributed by atoms with Gasteiger partial charge in [-0.15, -0.1) is 0 Å². The van der Waals surface area contributed by atoms with Crippen molar-refractivity contribution in [1.29, 1.82) is 0 Å². The summed E-state index contributed by atoms with van der Waals surface area (Å²) in [5, 5.41) is 2.87. The zero-order valence-electron chi connectivity index (χ0n) is 11.4. The van der Waals surface area contributed by atoms with Crippen molar-refractivity contribution in [1.82, 2.24) is 5.32 Å². The molecule has 0 unspecified atom stereocenters. The van der Waals surface area contributed by atoms with Gasteiger partial charge in [-0.2, -0.15) is 0 Å². The van der Waals surface area contributed by atoms with E-state index in [2.05, 4.69) is 5.32 Å². The number of benzene rings is 2. The number of hydrogen-bond donors (Lipinski definition) is 1. The van der Waals surface area contributed by atoms with Crippen molar-refractivity contribution in [2.24, 2.45) is 0 Å². The summed E-state index contributed by atoms with van der Waals surface area (Å²) >= 11 is 0. The lowest BCUT2D eigenvalue weighted by molar-refractivity contribution is 0.0937. The van der Waals surface area contributed by atoms with Gasteiger partial charge in [-0.3, -0.25) is 4.79 Å². The first-order valence-corrected chi connectivity index (χ1v) is 6.31. The van der Waals surface area contributed by atoms with Crippen LogP contribution in [0.25, 0.3) is 0 Å². The predicted octanol–water partition coefficient (Wildman–Crippen LogP) is 3.33. The van der Waals surface area contributed by atoms with E-state index in [0.717, 1.165) is 5.56 Å². The number of rotatable bonds is 4. The molecule has 2 aromatic carbocycles. The van der Waals surface area contributed by atoms with E-state index in [1.54, 1.807) is 36.4 Å². The average molecular weight is 273 g/mol. The number of halogens is 1. The lowest BCUT2D eigenvalue weighted by Gasteiger charge is -2.15. The smallest absolute Gasteiger partial charge is 0.255 e. The molecule has 0 heterocycles. The minimum atomic E-state index is -0.294. The molecular weight excluding hydrogens is 257 g/mol. The van der Waals surface area contributed by atoms with Crippen molar-refractivity contribution in [3.63, 3.8) is 0 Å². The zero-order valence-corrected chi connectivity index (χ0v) is 11.4. The molecule has 2 rings (SSSR count). The van der Waals surface area contributed by atoms with E-state index in [4.69, 9.17) is 4.74 Å². The molecule has 1 amide bonds. The Morgan fingerprint density at radius 2 is 1.80 bits per heavy atom. The summed E-state index contributed by atoms with van der Waals surface area (Å²) in [6, 6.07) is 12.9. The Morgan fingerprint density at radius 3 is 2.45 bits per heavy atom. The van der Waals surface area contributed by atoms with Crippen molar-refractivity contribution in [3.8, 4) is 5.75 Å². The quantitative estimate of drug-likeness (QED) is 0.928. The van der Waals surface area contributed by atoms with Gasteiger partial charge >= 0.3 is 0 Å². The molecule has 1 atom stereocenters. The molecule has 0 fully saturated rings. The van der Waals surface area contributed by atoms with Crippen molar-refractivity contribution in [2.75, 3.05) is 7.11 Å². The maximum Gasteiger partial charge on any atom is 0.255 e. The fourth-order valence-corrected chi connectivity index (χ4v) is 1.94. The summed E-state index contributed by atoms with van der Waals surface area (Å²) in [6.07, 6.45) is 0. The molecule has 0 saturated heterocycles. The Balaban J connectivity index is 2.13. The van der Waals surface area contributed by atoms with Gasteiger partial charge < -0.3 is 10.1 Å². The van der Waals surface area contributed by atoms with E-state index >= 15 is 0 Å². The van der Waals surface area contributed by atoms with Crippen LogP contribution in [0.1, 0.15) is 28.9 Å². The lowest BCUT2D eigenvalue weighted by atomic mass is 10.1. The predicted molar refractivity (Wildman–Crippen MR) is 75.3 cm³/mol. The highest BCUT2D eigenvalue weighted by atomic mass is 19.1. The minimum absolute atomic E-state index is 0.215. The van der Waals surface area contributed by atoms with Gasteiger partial charge in [0, 0.05) is 0 Å². The molecule has 3 nitrogen and oxygen atoms in total. The molecular formula is C16H16FNO2. The Kier molecular flexibility index (Phi) is 4.35. The summed E-state index contributed by atoms with van der Waals surface area (Å²) in [5.74, 6) is 0.00702. The highest BCUT2D eigenvalue weighted by Gasteiger charge is 2.14. The Labute approximate surface area is 117 Å². The van der Waals surface area contributed by atoms with E-state index in [1.807, 2.05) is 6.92 Å². The number of amides is 1. The third-order valence-corrected chi connectivity index (χ3v) is 3.07. The Morgan fingerprint density at radius 1 is 1.15 bits per heavy atom. The first-order chi connectivity index (χ1) is 9.61. The average Bonchev–Trinajstić information content (AvgIpc) is 2.47. The van der Waals surface area contributed by atoms with Crippen LogP contribution < -0.4 is 10.1 Å². The topological polar surface area (TPSA) is 38.3 Å². The molecule has 104 valence electrons. The van der Waals surface area contributed by atoms with Crippen molar-refractivity contribution < 1.29 is 13.9 Å². The maximum atomic E-state index is 12.9. The summed E-state index contributed by atoms with van der Waals surface area (Å²) in [5.41, 5.74) is 1.32. The van der Waals surface area contributed by atoms with Crippen LogP contribution in [-0.4, -0.2) is 13.0 Å². The van der Waals surface area contributed by atoms with Crippen LogP contribution in [0.15, 0.2) is 48.5 Å². The molecule has 0 aromatic heterocycles. The number of nitrogens with one attached hydrogen (secondary N) is 1. The van der Waals surface area contributed by atoms with Gasteiger partial charge in [0.2, 0.25) is 0 Å². The Bertz CT molecular complexity index is 596. The molecule has 0 aliphatic carbocycles. The Hall–Kier alpha value is -2.36. The second kappa shape index (κ2) is 6.19. The fourth-order valence-electron chi connectivity index (χ4n) is 1.94. The van der Waals surface area contributed by atoms with Gasteiger partial charge in [0.15, 0.2) is 0 Å². The van der Waals surface area contributed by atoms with Crippen LogP contribution >= 0.6 is 0 Å². The number of hydrogen-bond acceptors (Lipinski definition) is 2. The molecule has 0 aliphatic heterocycles. The molecule has 0 saturated carbocycles. The van der Waals surface area contributed by atoms with Crippen LogP contribution in [0.2, 0.25) is 0 Å². The number of methoxy groups -OCH3 is 1. The van der Waals surface area contributed by atoms with Gasteiger partial charge in [0.1, 0.15) is 11.6 Å². The van der Waals surface area contributed by atoms with E-state index in [9.17, 15) is 9.18 Å². The van der Waals surface area contributed by atoms with E-state index in [-0.39, 0.29) is 17.8 Å². The van der Waals surface area contributed by atoms with Crippen LogP contribution in [0.4, 0.5) is 4.39 Å². The lowest BCUT2D eigenvalue weighted by Crippen LogP contribution is -2.27. The number of carbonyl (C=O) groups excluding carboxylic acids is 1. The molecule has 2 aromatic rings. The summed E-state index contributed by atoms with van der Waals surface area (Å²) in [6.45, 7) is 1.85. The van der Waals surface area contributed by atoms with E-state index in [0.29, 0.717) is 11.3 Å². The first-order valence-electron chi connectivity index (χ1n) is 6.31. The highest BCUT2D eigenvalue weighted by molar-refractivity contribution is 5.97. The standard InChI is InChI=1S/C16H16FNO2/c1-11(12-7-9-13(17)10-8-12)18-16(19)14-5-3-4-6-15(14)20-2/h3-11H,1-2H3,(H,18,19)/t11-/m0/s1. The molecule has 20 heavy (non-hydrogen) atoms. The van der Waals surface area contributed by atoms with Crippen LogP contribution in [0.3, 0.4) is 0 Å². The number of carbonyl (C=O) groups is 1. The van der Waals surface area contributed by atoms with E-state index < -0.39 is 0 Å². The number of para-hydroxylation sites is 1. The van der Waals surface area contributed by atoms with Crippen molar-refractivity contribution >= 4 is 5.91 Å². The summed E-state index contributed by atoms with van der Waals surface area (Å²) in [4.78, 5) is 12.2. The monoisotopic (exact) mass is 273 g/mol. The maximum absolute atomic E-state index is 12.9. The van der Waals surface area contributed by atoms with Crippen molar-refractivity contribution in [3.05, 3.63) is 65.5 Å². The highest BCUT2D eigenvalue weighted by Crippen LogP contribution is 2.19. The largest absolute Gasteiger partial charge is 0.496 e. The molecule has 0 bridgehead atoms. The molecule has 4 heteroatoms. The van der Waals surface area contributed by atoms with Crippen LogP contribution in [-0.2, 0) is 0 Å². The third kappa shape index (κ3) is 3.15. The van der Waals surface area contributed by atoms with Crippen LogP contribution in [0.5, 0.6) is 5.75 Å². The summed E-state index contributed by atoms with van der Waals surface area (Å²) in [7, 11) is 1.52.